The molecule has 1 saturated heterocycles. The summed E-state index contributed by atoms with van der Waals surface area (Å²) in [6, 6.07) is 1.35. The summed E-state index contributed by atoms with van der Waals surface area (Å²) in [6.07, 6.45) is 0. The number of thiophene rings is 1. The van der Waals surface area contributed by atoms with Crippen molar-refractivity contribution in [2.24, 2.45) is 0 Å². The normalized spacial score (nSPS) is 19.2. The lowest BCUT2D eigenvalue weighted by Gasteiger charge is -2.34. The summed E-state index contributed by atoms with van der Waals surface area (Å²) in [6.45, 7) is 4.97. The molecule has 0 bridgehead atoms. The summed E-state index contributed by atoms with van der Waals surface area (Å²) in [4.78, 5) is 26.3. The van der Waals surface area contributed by atoms with Crippen LogP contribution in [0, 0.1) is 2.88 Å². The first-order valence-electron chi connectivity index (χ1n) is 6.42. The monoisotopic (exact) mass is 408 g/mol. The molecule has 2 rings (SSSR count). The molecule has 2 heterocycles. The molecule has 1 aromatic rings. The number of halogens is 1. The second-order valence-corrected chi connectivity index (χ2v) is 7.70. The molecule has 1 aliphatic rings. The fourth-order valence-corrected chi connectivity index (χ4v) is 3.35. The van der Waals surface area contributed by atoms with Crippen LogP contribution >= 0.6 is 33.9 Å². The van der Waals surface area contributed by atoms with Crippen LogP contribution in [0.5, 0.6) is 0 Å². The molecule has 0 radical (unpaired) electrons. The zero-order chi connectivity index (χ0) is 14.7. The Bertz CT molecular complexity index is 504. The lowest BCUT2D eigenvalue weighted by molar-refractivity contribution is -0.131. The van der Waals surface area contributed by atoms with Crippen LogP contribution in [0.1, 0.15) is 24.2 Å². The van der Waals surface area contributed by atoms with Crippen LogP contribution in [-0.2, 0) is 9.53 Å². The maximum absolute atomic E-state index is 12.5. The van der Waals surface area contributed by atoms with Gasteiger partial charge < -0.3 is 15.0 Å². The minimum Gasteiger partial charge on any atom is -0.377 e. The molecule has 0 aromatic carbocycles. The van der Waals surface area contributed by atoms with E-state index in [4.69, 9.17) is 4.74 Å². The minimum absolute atomic E-state index is 0.0449. The Morgan fingerprint density at radius 2 is 2.30 bits per heavy atom. The molecule has 20 heavy (non-hydrogen) atoms. The minimum atomic E-state index is -0.545. The molecule has 5 nitrogen and oxygen atoms in total. The van der Waals surface area contributed by atoms with Crippen LogP contribution in [0.15, 0.2) is 11.4 Å². The van der Waals surface area contributed by atoms with E-state index in [1.807, 2.05) is 25.3 Å². The average Bonchev–Trinajstić information content (AvgIpc) is 2.84. The first-order valence-corrected chi connectivity index (χ1v) is 8.38. The maximum atomic E-state index is 12.5. The molecule has 1 N–H and O–H groups in total. The molecule has 110 valence electrons. The van der Waals surface area contributed by atoms with Gasteiger partial charge in [0.05, 0.1) is 21.7 Å². The second kappa shape index (κ2) is 6.86. The summed E-state index contributed by atoms with van der Waals surface area (Å²) in [5, 5.41) is 4.67. The highest BCUT2D eigenvalue weighted by atomic mass is 127. The molecule has 1 atom stereocenters. The van der Waals surface area contributed by atoms with Gasteiger partial charge in [-0.05, 0) is 42.5 Å². The number of carbonyl (C=O) groups is 2. The van der Waals surface area contributed by atoms with Crippen molar-refractivity contribution in [1.82, 2.24) is 10.2 Å². The summed E-state index contributed by atoms with van der Waals surface area (Å²) in [5.41, 5.74) is 0.642. The highest BCUT2D eigenvalue weighted by Crippen LogP contribution is 2.20. The number of hydrogen-bond donors (Lipinski definition) is 1. The molecule has 0 saturated carbocycles. The quantitative estimate of drug-likeness (QED) is 0.776. The fourth-order valence-electron chi connectivity index (χ4n) is 2.03. The molecular weight excluding hydrogens is 391 g/mol. The van der Waals surface area contributed by atoms with E-state index in [1.165, 1.54) is 11.3 Å². The van der Waals surface area contributed by atoms with E-state index in [2.05, 4.69) is 27.9 Å². The van der Waals surface area contributed by atoms with Crippen molar-refractivity contribution in [3.63, 3.8) is 0 Å². The molecule has 1 aromatic heterocycles. The Hall–Kier alpha value is -0.670. The predicted octanol–water partition coefficient (Wildman–Crippen LogP) is 1.72. The zero-order valence-corrected chi connectivity index (χ0v) is 14.4. The molecule has 0 aliphatic carbocycles. The third-order valence-corrected chi connectivity index (χ3v) is 4.73. The van der Waals surface area contributed by atoms with E-state index in [0.29, 0.717) is 18.7 Å². The van der Waals surface area contributed by atoms with Gasteiger partial charge in [-0.1, -0.05) is 0 Å². The Balaban J connectivity index is 2.14. The van der Waals surface area contributed by atoms with Gasteiger partial charge in [-0.25, -0.2) is 0 Å². The number of morpholine rings is 1. The number of ether oxygens (including phenoxy) is 1. The standard InChI is InChI=1S/C13H17IN2O3S/c1-8(2)15-12(17)10-6-19-4-3-16(10)13(18)9-5-11(14)20-7-9/h5,7-8,10H,3-4,6H2,1-2H3,(H,15,17). The summed E-state index contributed by atoms with van der Waals surface area (Å²) < 4.78 is 6.41. The molecular formula is C13H17IN2O3S. The molecule has 1 aliphatic heterocycles. The first kappa shape index (κ1) is 15.7. The van der Waals surface area contributed by atoms with Gasteiger partial charge in [0.1, 0.15) is 6.04 Å². The third-order valence-electron chi connectivity index (χ3n) is 2.94. The largest absolute Gasteiger partial charge is 0.377 e. The van der Waals surface area contributed by atoms with Crippen molar-refractivity contribution in [1.29, 1.82) is 0 Å². The van der Waals surface area contributed by atoms with Gasteiger partial charge in [0.2, 0.25) is 5.91 Å². The van der Waals surface area contributed by atoms with Crippen LogP contribution in [-0.4, -0.2) is 48.6 Å². The molecule has 0 spiro atoms. The third kappa shape index (κ3) is 3.70. The van der Waals surface area contributed by atoms with E-state index in [9.17, 15) is 9.59 Å². The fraction of sp³-hybridized carbons (Fsp3) is 0.538. The van der Waals surface area contributed by atoms with E-state index in [1.54, 1.807) is 4.90 Å². The predicted molar refractivity (Wildman–Crippen MR) is 86.0 cm³/mol. The highest BCUT2D eigenvalue weighted by Gasteiger charge is 2.33. The van der Waals surface area contributed by atoms with E-state index >= 15 is 0 Å². The Morgan fingerprint density at radius 3 is 2.90 bits per heavy atom. The van der Waals surface area contributed by atoms with Crippen LogP contribution in [0.3, 0.4) is 0 Å². The van der Waals surface area contributed by atoms with Crippen LogP contribution in [0.2, 0.25) is 0 Å². The first-order chi connectivity index (χ1) is 9.49. The van der Waals surface area contributed by atoms with Gasteiger partial charge in [0.15, 0.2) is 0 Å². The van der Waals surface area contributed by atoms with Gasteiger partial charge in [-0.15, -0.1) is 11.3 Å². The number of amides is 2. The van der Waals surface area contributed by atoms with Gasteiger partial charge in [0.25, 0.3) is 5.91 Å². The number of rotatable bonds is 3. The SMILES string of the molecule is CC(C)NC(=O)C1COCCN1C(=O)c1csc(I)c1. The number of nitrogens with one attached hydrogen (secondary N) is 1. The lowest BCUT2D eigenvalue weighted by Crippen LogP contribution is -2.56. The van der Waals surface area contributed by atoms with Crippen molar-refractivity contribution in [3.8, 4) is 0 Å². The maximum Gasteiger partial charge on any atom is 0.255 e. The van der Waals surface area contributed by atoms with Gasteiger partial charge in [-0.3, -0.25) is 9.59 Å². The highest BCUT2D eigenvalue weighted by molar-refractivity contribution is 14.1. The molecule has 1 fully saturated rings. The van der Waals surface area contributed by atoms with Crippen LogP contribution < -0.4 is 5.32 Å². The Kier molecular flexibility index (Phi) is 5.39. The topological polar surface area (TPSA) is 58.6 Å². The van der Waals surface area contributed by atoms with E-state index in [-0.39, 0.29) is 24.5 Å². The number of nitrogens with zero attached hydrogens (tertiary/aromatic N) is 1. The van der Waals surface area contributed by atoms with E-state index in [0.717, 1.165) is 2.88 Å². The Morgan fingerprint density at radius 1 is 1.55 bits per heavy atom. The zero-order valence-electron chi connectivity index (χ0n) is 11.4. The lowest BCUT2D eigenvalue weighted by atomic mass is 10.1. The van der Waals surface area contributed by atoms with Gasteiger partial charge in [0, 0.05) is 18.0 Å². The van der Waals surface area contributed by atoms with Gasteiger partial charge >= 0.3 is 0 Å². The van der Waals surface area contributed by atoms with Crippen molar-refractivity contribution < 1.29 is 14.3 Å². The average molecular weight is 408 g/mol. The summed E-state index contributed by atoms with van der Waals surface area (Å²) >= 11 is 3.71. The smallest absolute Gasteiger partial charge is 0.255 e. The van der Waals surface area contributed by atoms with Crippen molar-refractivity contribution in [2.45, 2.75) is 25.9 Å². The molecule has 1 unspecified atom stereocenters. The second-order valence-electron chi connectivity index (χ2n) is 4.89. The number of hydrogen-bond acceptors (Lipinski definition) is 4. The number of carbonyl (C=O) groups excluding carboxylic acids is 2. The van der Waals surface area contributed by atoms with Crippen molar-refractivity contribution in [2.75, 3.05) is 19.8 Å². The summed E-state index contributed by atoms with van der Waals surface area (Å²) in [7, 11) is 0. The summed E-state index contributed by atoms with van der Waals surface area (Å²) in [5.74, 6) is -0.255. The molecule has 7 heteroatoms. The molecule has 2 amide bonds. The van der Waals surface area contributed by atoms with Gasteiger partial charge in [-0.2, -0.15) is 0 Å². The van der Waals surface area contributed by atoms with E-state index < -0.39 is 6.04 Å². The van der Waals surface area contributed by atoms with Crippen molar-refractivity contribution >= 4 is 45.7 Å². The van der Waals surface area contributed by atoms with Crippen LogP contribution in [0.25, 0.3) is 0 Å². The Labute approximate surface area is 135 Å². The van der Waals surface area contributed by atoms with Crippen molar-refractivity contribution in [3.05, 3.63) is 19.9 Å². The van der Waals surface area contributed by atoms with Crippen LogP contribution in [0.4, 0.5) is 0 Å².